The van der Waals surface area contributed by atoms with Crippen LogP contribution in [0.1, 0.15) is 15.9 Å². The van der Waals surface area contributed by atoms with Crippen LogP contribution in [0.2, 0.25) is 0 Å². The molecule has 3 rings (SSSR count). The lowest BCUT2D eigenvalue weighted by atomic mass is 10.1. The smallest absolute Gasteiger partial charge is 0.270 e. The largest absolute Gasteiger partial charge is 0.378 e. The molecule has 1 fully saturated rings. The first-order chi connectivity index (χ1) is 13.1. The molecular formula is C20H19N3O4. The SMILES string of the molecule is O=C(NCC#Cc1ccccc1)c1cc([N+](=O)[O-])ccc1N1CCOCC1. The van der Waals surface area contributed by atoms with Crippen LogP contribution in [0.3, 0.4) is 0 Å². The van der Waals surface area contributed by atoms with Gasteiger partial charge in [0.2, 0.25) is 0 Å². The minimum atomic E-state index is -0.505. The number of rotatable bonds is 4. The van der Waals surface area contributed by atoms with E-state index in [0.717, 1.165) is 5.56 Å². The van der Waals surface area contributed by atoms with Crippen LogP contribution in [0.25, 0.3) is 0 Å². The lowest BCUT2D eigenvalue weighted by Gasteiger charge is -2.30. The summed E-state index contributed by atoms with van der Waals surface area (Å²) < 4.78 is 5.34. The molecule has 1 N–H and O–H groups in total. The molecule has 1 heterocycles. The van der Waals surface area contributed by atoms with E-state index >= 15 is 0 Å². The van der Waals surface area contributed by atoms with Gasteiger partial charge in [0.1, 0.15) is 0 Å². The normalized spacial score (nSPS) is 13.4. The van der Waals surface area contributed by atoms with Crippen molar-refractivity contribution in [3.63, 3.8) is 0 Å². The molecule has 0 spiro atoms. The van der Waals surface area contributed by atoms with Crippen molar-refractivity contribution in [3.8, 4) is 11.8 Å². The number of morpholine rings is 1. The van der Waals surface area contributed by atoms with Crippen LogP contribution in [0.4, 0.5) is 11.4 Å². The maximum absolute atomic E-state index is 12.6. The Morgan fingerprint density at radius 3 is 2.63 bits per heavy atom. The number of carbonyl (C=O) groups excluding carboxylic acids is 1. The van der Waals surface area contributed by atoms with Gasteiger partial charge >= 0.3 is 0 Å². The highest BCUT2D eigenvalue weighted by atomic mass is 16.6. The molecule has 0 unspecified atom stereocenters. The first-order valence-corrected chi connectivity index (χ1v) is 8.58. The Bertz CT molecular complexity index is 881. The molecule has 1 saturated heterocycles. The Hall–Kier alpha value is -3.37. The number of hydrogen-bond donors (Lipinski definition) is 1. The number of anilines is 1. The number of amides is 1. The lowest BCUT2D eigenvalue weighted by molar-refractivity contribution is -0.384. The molecule has 2 aromatic rings. The molecule has 0 aromatic heterocycles. The first kappa shape index (κ1) is 18.4. The maximum atomic E-state index is 12.6. The monoisotopic (exact) mass is 365 g/mol. The Morgan fingerprint density at radius 2 is 1.93 bits per heavy atom. The predicted octanol–water partition coefficient (Wildman–Crippen LogP) is 2.21. The minimum Gasteiger partial charge on any atom is -0.378 e. The van der Waals surface area contributed by atoms with Crippen LogP contribution in [-0.4, -0.2) is 43.7 Å². The Morgan fingerprint density at radius 1 is 1.19 bits per heavy atom. The van der Waals surface area contributed by atoms with Crippen molar-refractivity contribution >= 4 is 17.3 Å². The predicted molar refractivity (Wildman–Crippen MR) is 102 cm³/mol. The van der Waals surface area contributed by atoms with Gasteiger partial charge in [-0.25, -0.2) is 0 Å². The number of nitrogens with zero attached hydrogens (tertiary/aromatic N) is 2. The van der Waals surface area contributed by atoms with Crippen molar-refractivity contribution in [1.82, 2.24) is 5.32 Å². The van der Waals surface area contributed by atoms with Gasteiger partial charge in [0.25, 0.3) is 11.6 Å². The van der Waals surface area contributed by atoms with E-state index < -0.39 is 4.92 Å². The summed E-state index contributed by atoms with van der Waals surface area (Å²) in [5, 5.41) is 13.8. The summed E-state index contributed by atoms with van der Waals surface area (Å²) >= 11 is 0. The van der Waals surface area contributed by atoms with Gasteiger partial charge in [-0.15, -0.1) is 0 Å². The number of carbonyl (C=O) groups is 1. The summed E-state index contributed by atoms with van der Waals surface area (Å²) in [6.07, 6.45) is 0. The third-order valence-electron chi connectivity index (χ3n) is 4.13. The van der Waals surface area contributed by atoms with E-state index in [-0.39, 0.29) is 23.7 Å². The zero-order chi connectivity index (χ0) is 19.1. The number of ether oxygens (including phenoxy) is 1. The van der Waals surface area contributed by atoms with Crippen LogP contribution >= 0.6 is 0 Å². The molecule has 2 aromatic carbocycles. The molecule has 7 nitrogen and oxygen atoms in total. The molecule has 1 aliphatic heterocycles. The fourth-order valence-corrected chi connectivity index (χ4v) is 2.79. The fraction of sp³-hybridized carbons (Fsp3) is 0.250. The van der Waals surface area contributed by atoms with Crippen LogP contribution < -0.4 is 10.2 Å². The van der Waals surface area contributed by atoms with Gasteiger partial charge in [0, 0.05) is 30.8 Å². The highest BCUT2D eigenvalue weighted by Gasteiger charge is 2.21. The molecule has 0 saturated carbocycles. The van der Waals surface area contributed by atoms with E-state index in [2.05, 4.69) is 17.2 Å². The Kier molecular flexibility index (Phi) is 6.02. The quantitative estimate of drug-likeness (QED) is 0.510. The van der Waals surface area contributed by atoms with Crippen LogP contribution in [-0.2, 0) is 4.74 Å². The number of benzene rings is 2. The second-order valence-electron chi connectivity index (χ2n) is 5.91. The summed E-state index contributed by atoms with van der Waals surface area (Å²) in [7, 11) is 0. The zero-order valence-corrected chi connectivity index (χ0v) is 14.7. The average molecular weight is 365 g/mol. The van der Waals surface area contributed by atoms with E-state index in [1.54, 1.807) is 6.07 Å². The van der Waals surface area contributed by atoms with Gasteiger partial charge in [-0.1, -0.05) is 30.0 Å². The summed E-state index contributed by atoms with van der Waals surface area (Å²) in [6.45, 7) is 2.53. The van der Waals surface area contributed by atoms with E-state index in [1.165, 1.54) is 12.1 Å². The molecule has 0 aliphatic carbocycles. The Balaban J connectivity index is 1.76. The minimum absolute atomic E-state index is 0.118. The highest BCUT2D eigenvalue weighted by molar-refractivity contribution is 6.00. The maximum Gasteiger partial charge on any atom is 0.270 e. The molecule has 0 atom stereocenters. The van der Waals surface area contributed by atoms with Crippen molar-refractivity contribution in [3.05, 3.63) is 69.8 Å². The molecule has 1 amide bonds. The second-order valence-corrected chi connectivity index (χ2v) is 5.91. The molecule has 7 heteroatoms. The van der Waals surface area contributed by atoms with Crippen molar-refractivity contribution < 1.29 is 14.5 Å². The molecule has 138 valence electrons. The summed E-state index contributed by atoms with van der Waals surface area (Å²) in [5.74, 6) is 5.46. The van der Waals surface area contributed by atoms with Crippen LogP contribution in [0.5, 0.6) is 0 Å². The van der Waals surface area contributed by atoms with E-state index in [4.69, 9.17) is 4.74 Å². The van der Waals surface area contributed by atoms with Gasteiger partial charge in [0.15, 0.2) is 0 Å². The third kappa shape index (κ3) is 4.84. The number of hydrogen-bond acceptors (Lipinski definition) is 5. The number of non-ortho nitro benzene ring substituents is 1. The summed E-state index contributed by atoms with van der Waals surface area (Å²) in [5.41, 5.74) is 1.67. The van der Waals surface area contributed by atoms with Gasteiger partial charge in [-0.2, -0.15) is 0 Å². The van der Waals surface area contributed by atoms with Gasteiger partial charge in [-0.3, -0.25) is 14.9 Å². The third-order valence-corrected chi connectivity index (χ3v) is 4.13. The highest BCUT2D eigenvalue weighted by Crippen LogP contribution is 2.26. The van der Waals surface area contributed by atoms with Crippen LogP contribution in [0, 0.1) is 22.0 Å². The summed E-state index contributed by atoms with van der Waals surface area (Å²) in [6, 6.07) is 13.8. The first-order valence-electron chi connectivity index (χ1n) is 8.58. The number of nitro benzene ring substituents is 1. The number of nitrogens with one attached hydrogen (secondary N) is 1. The van der Waals surface area contributed by atoms with E-state index in [9.17, 15) is 14.9 Å². The number of nitro groups is 1. The van der Waals surface area contributed by atoms with Crippen molar-refractivity contribution in [2.24, 2.45) is 0 Å². The standard InChI is InChI=1S/C20H19N3O4/c24-20(21-10-4-7-16-5-2-1-3-6-16)18-15-17(23(25)26)8-9-19(18)22-11-13-27-14-12-22/h1-3,5-6,8-9,15H,10-14H2,(H,21,24). The zero-order valence-electron chi connectivity index (χ0n) is 14.7. The molecule has 0 radical (unpaired) electrons. The topological polar surface area (TPSA) is 84.7 Å². The second kappa shape index (κ2) is 8.83. The molecule has 0 bridgehead atoms. The fourth-order valence-electron chi connectivity index (χ4n) is 2.79. The lowest BCUT2D eigenvalue weighted by Crippen LogP contribution is -2.38. The summed E-state index contributed by atoms with van der Waals surface area (Å²) in [4.78, 5) is 25.2. The molecule has 1 aliphatic rings. The van der Waals surface area contributed by atoms with Crippen molar-refractivity contribution in [1.29, 1.82) is 0 Å². The van der Waals surface area contributed by atoms with Gasteiger partial charge in [-0.05, 0) is 18.2 Å². The van der Waals surface area contributed by atoms with E-state index in [1.807, 2.05) is 35.2 Å². The van der Waals surface area contributed by atoms with Crippen LogP contribution in [0.15, 0.2) is 48.5 Å². The van der Waals surface area contributed by atoms with E-state index in [0.29, 0.717) is 32.0 Å². The van der Waals surface area contributed by atoms with Gasteiger partial charge < -0.3 is 15.0 Å². The van der Waals surface area contributed by atoms with Gasteiger partial charge in [0.05, 0.1) is 35.9 Å². The average Bonchev–Trinajstić information content (AvgIpc) is 2.72. The molecular weight excluding hydrogens is 346 g/mol. The van der Waals surface area contributed by atoms with Crippen molar-refractivity contribution in [2.45, 2.75) is 0 Å². The van der Waals surface area contributed by atoms with Crippen molar-refractivity contribution in [2.75, 3.05) is 37.7 Å². The Labute approximate surface area is 157 Å². The molecule has 27 heavy (non-hydrogen) atoms.